The summed E-state index contributed by atoms with van der Waals surface area (Å²) in [6, 6.07) is 47.4. The molecule has 8 rings (SSSR count). The van der Waals surface area contributed by atoms with Gasteiger partial charge in [0.25, 0.3) is 0 Å². The van der Waals surface area contributed by atoms with Gasteiger partial charge in [-0.15, -0.1) is 0 Å². The van der Waals surface area contributed by atoms with Crippen LogP contribution in [0.4, 0.5) is 0 Å². The van der Waals surface area contributed by atoms with E-state index in [2.05, 4.69) is 137 Å². The van der Waals surface area contributed by atoms with Gasteiger partial charge >= 0.3 is 0 Å². The minimum absolute atomic E-state index is 0.963. The number of hydrogen-bond acceptors (Lipinski definition) is 1. The molecule has 0 saturated carbocycles. The highest BCUT2D eigenvalue weighted by Crippen LogP contribution is 2.42. The average molecular weight is 486 g/mol. The molecule has 0 unspecified atom stereocenters. The second-order valence-electron chi connectivity index (χ2n) is 9.63. The van der Waals surface area contributed by atoms with Crippen molar-refractivity contribution < 1.29 is 0 Å². The lowest BCUT2D eigenvalue weighted by Gasteiger charge is -2.15. The van der Waals surface area contributed by atoms with Crippen molar-refractivity contribution in [3.05, 3.63) is 140 Å². The Morgan fingerprint density at radius 2 is 1.00 bits per heavy atom. The van der Waals surface area contributed by atoms with Gasteiger partial charge in [0, 0.05) is 39.0 Å². The molecule has 0 spiro atoms. The van der Waals surface area contributed by atoms with Crippen LogP contribution in [0.2, 0.25) is 0 Å². The number of aromatic nitrogens is 3. The van der Waals surface area contributed by atoms with E-state index in [1.54, 1.807) is 0 Å². The van der Waals surface area contributed by atoms with E-state index in [1.807, 2.05) is 12.3 Å². The van der Waals surface area contributed by atoms with Crippen LogP contribution in [-0.4, -0.2) is 14.1 Å². The van der Waals surface area contributed by atoms with Crippen molar-refractivity contribution in [1.29, 1.82) is 0 Å². The first-order valence-corrected chi connectivity index (χ1v) is 12.9. The molecule has 0 aliphatic rings. The van der Waals surface area contributed by atoms with E-state index < -0.39 is 0 Å². The quantitative estimate of drug-likeness (QED) is 0.245. The molecule has 8 aromatic rings. The van der Waals surface area contributed by atoms with Crippen LogP contribution < -0.4 is 0 Å². The number of pyridine rings is 1. The van der Waals surface area contributed by atoms with Gasteiger partial charge in [-0.1, -0.05) is 91.0 Å². The molecule has 0 bridgehead atoms. The van der Waals surface area contributed by atoms with Gasteiger partial charge in [-0.2, -0.15) is 0 Å². The molecule has 0 aliphatic heterocycles. The van der Waals surface area contributed by atoms with Gasteiger partial charge in [0.2, 0.25) is 0 Å². The Hall–Kier alpha value is -5.15. The normalized spacial score (nSPS) is 11.7. The summed E-state index contributed by atoms with van der Waals surface area (Å²) in [5, 5.41) is 4.98. The lowest BCUT2D eigenvalue weighted by Crippen LogP contribution is -2.00. The van der Waals surface area contributed by atoms with Crippen molar-refractivity contribution in [3.8, 4) is 22.6 Å². The minimum atomic E-state index is 0.963. The van der Waals surface area contributed by atoms with Crippen LogP contribution in [0.5, 0.6) is 0 Å². The molecule has 3 aromatic heterocycles. The largest absolute Gasteiger partial charge is 0.307 e. The van der Waals surface area contributed by atoms with Crippen LogP contribution in [0.15, 0.2) is 140 Å². The van der Waals surface area contributed by atoms with E-state index in [1.165, 1.54) is 43.6 Å². The molecular formula is C35H23N3. The Bertz CT molecular complexity index is 2120. The van der Waals surface area contributed by atoms with Gasteiger partial charge in [-0.25, -0.2) is 0 Å². The Kier molecular flexibility index (Phi) is 4.52. The van der Waals surface area contributed by atoms with Gasteiger partial charge < -0.3 is 9.13 Å². The van der Waals surface area contributed by atoms with Crippen LogP contribution in [0.25, 0.3) is 66.2 Å². The fraction of sp³-hybridized carbons (Fsp3) is 0. The highest BCUT2D eigenvalue weighted by Gasteiger charge is 2.22. The highest BCUT2D eigenvalue weighted by atomic mass is 15.0. The zero-order chi connectivity index (χ0) is 25.1. The number of rotatable bonds is 3. The Labute approximate surface area is 219 Å². The third kappa shape index (κ3) is 2.93. The van der Waals surface area contributed by atoms with Gasteiger partial charge in [0.15, 0.2) is 0 Å². The van der Waals surface area contributed by atoms with E-state index in [0.29, 0.717) is 0 Å². The average Bonchev–Trinajstić information content (AvgIpc) is 3.51. The van der Waals surface area contributed by atoms with Crippen LogP contribution in [0.3, 0.4) is 0 Å². The van der Waals surface area contributed by atoms with E-state index in [4.69, 9.17) is 4.98 Å². The summed E-state index contributed by atoms with van der Waals surface area (Å²) in [7, 11) is 0. The van der Waals surface area contributed by atoms with Gasteiger partial charge in [0.05, 0.1) is 33.4 Å². The van der Waals surface area contributed by atoms with Crippen LogP contribution in [0, 0.1) is 0 Å². The number of para-hydroxylation sites is 4. The molecule has 0 radical (unpaired) electrons. The number of nitrogens with zero attached hydrogens (tertiary/aromatic N) is 3. The molecule has 5 aromatic carbocycles. The third-order valence-corrected chi connectivity index (χ3v) is 7.57. The molecule has 0 N–H and O–H groups in total. The van der Waals surface area contributed by atoms with E-state index in [9.17, 15) is 0 Å². The zero-order valence-corrected chi connectivity index (χ0v) is 20.6. The Balaban J connectivity index is 1.63. The van der Waals surface area contributed by atoms with Crippen molar-refractivity contribution >= 4 is 43.6 Å². The van der Waals surface area contributed by atoms with Crippen molar-refractivity contribution in [2.75, 3.05) is 0 Å². The molecule has 0 aliphatic carbocycles. The predicted molar refractivity (Wildman–Crippen MR) is 158 cm³/mol. The fourth-order valence-corrected chi connectivity index (χ4v) is 6.00. The molecule has 3 heteroatoms. The molecule has 3 nitrogen and oxygen atoms in total. The smallest absolute Gasteiger partial charge is 0.0789 e. The summed E-state index contributed by atoms with van der Waals surface area (Å²) in [6.45, 7) is 0. The number of fused-ring (bicyclic) bond motifs is 7. The molecule has 38 heavy (non-hydrogen) atoms. The topological polar surface area (TPSA) is 22.8 Å². The van der Waals surface area contributed by atoms with Gasteiger partial charge in [-0.05, 0) is 42.5 Å². The summed E-state index contributed by atoms with van der Waals surface area (Å²) in [4.78, 5) is 4.72. The maximum Gasteiger partial charge on any atom is 0.0789 e. The Morgan fingerprint density at radius 3 is 1.71 bits per heavy atom. The number of hydrogen-bond donors (Lipinski definition) is 0. The van der Waals surface area contributed by atoms with Crippen molar-refractivity contribution in [1.82, 2.24) is 14.1 Å². The van der Waals surface area contributed by atoms with E-state index in [-0.39, 0.29) is 0 Å². The van der Waals surface area contributed by atoms with Crippen LogP contribution in [-0.2, 0) is 0 Å². The number of benzene rings is 5. The SMILES string of the molecule is c1ccc(-n2c3ccccc3c3ccc4c5ccccc5n(-c5ccccc5-c5ccccn5)c4c32)cc1. The van der Waals surface area contributed by atoms with E-state index in [0.717, 1.165) is 22.6 Å². The summed E-state index contributed by atoms with van der Waals surface area (Å²) >= 11 is 0. The second kappa shape index (κ2) is 8.19. The van der Waals surface area contributed by atoms with Crippen LogP contribution in [0.1, 0.15) is 0 Å². The highest BCUT2D eigenvalue weighted by molar-refractivity contribution is 6.24. The van der Waals surface area contributed by atoms with Crippen molar-refractivity contribution in [3.63, 3.8) is 0 Å². The van der Waals surface area contributed by atoms with Crippen LogP contribution >= 0.6 is 0 Å². The van der Waals surface area contributed by atoms with E-state index >= 15 is 0 Å². The zero-order valence-electron chi connectivity index (χ0n) is 20.6. The molecule has 0 amide bonds. The molecule has 3 heterocycles. The predicted octanol–water partition coefficient (Wildman–Crippen LogP) is 8.94. The third-order valence-electron chi connectivity index (χ3n) is 7.57. The lowest BCUT2D eigenvalue weighted by molar-refractivity contribution is 1.15. The fourth-order valence-electron chi connectivity index (χ4n) is 6.00. The monoisotopic (exact) mass is 485 g/mol. The summed E-state index contributed by atoms with van der Waals surface area (Å²) in [5.41, 5.74) is 9.14. The first-order chi connectivity index (χ1) is 18.9. The summed E-state index contributed by atoms with van der Waals surface area (Å²) < 4.78 is 4.86. The molecule has 178 valence electrons. The minimum Gasteiger partial charge on any atom is -0.307 e. The second-order valence-corrected chi connectivity index (χ2v) is 9.63. The maximum absolute atomic E-state index is 4.72. The van der Waals surface area contributed by atoms with Gasteiger partial charge in [-0.3, -0.25) is 4.98 Å². The molecule has 0 atom stereocenters. The summed E-state index contributed by atoms with van der Waals surface area (Å²) in [5.74, 6) is 0. The molecular weight excluding hydrogens is 462 g/mol. The lowest BCUT2D eigenvalue weighted by atomic mass is 10.1. The van der Waals surface area contributed by atoms with Crippen molar-refractivity contribution in [2.45, 2.75) is 0 Å². The first-order valence-electron chi connectivity index (χ1n) is 12.9. The Morgan fingerprint density at radius 1 is 0.421 bits per heavy atom. The van der Waals surface area contributed by atoms with Crippen molar-refractivity contribution in [2.24, 2.45) is 0 Å². The molecule has 0 saturated heterocycles. The first kappa shape index (κ1) is 21.0. The van der Waals surface area contributed by atoms with Gasteiger partial charge in [0.1, 0.15) is 0 Å². The standard InChI is InChI=1S/C35H23N3/c1-2-12-24(13-3-1)37-31-18-7-4-14-25(31)27-21-22-28-26-15-5-8-19-32(26)38(35(28)34(27)37)33-20-9-6-16-29(33)30-17-10-11-23-36-30/h1-23H. The molecule has 0 fully saturated rings. The maximum atomic E-state index is 4.72. The summed E-state index contributed by atoms with van der Waals surface area (Å²) in [6.07, 6.45) is 1.86.